The molecule has 0 aromatic heterocycles. The van der Waals surface area contributed by atoms with Gasteiger partial charge in [0.2, 0.25) is 15.7 Å². The Hall–Kier alpha value is -3.19. The molecule has 0 aliphatic heterocycles. The minimum atomic E-state index is -3.76. The molecule has 150 valence electrons. The van der Waals surface area contributed by atoms with E-state index < -0.39 is 15.7 Å². The van der Waals surface area contributed by atoms with Crippen LogP contribution in [0.25, 0.3) is 0 Å². The molecular formula is C22H21FN2O3S. The summed E-state index contributed by atoms with van der Waals surface area (Å²) in [7, 11) is -3.76. The molecule has 2 N–H and O–H groups in total. The molecule has 0 spiro atoms. The molecule has 0 fully saturated rings. The monoisotopic (exact) mass is 412 g/mol. The predicted molar refractivity (Wildman–Crippen MR) is 111 cm³/mol. The van der Waals surface area contributed by atoms with Crippen LogP contribution in [0.1, 0.15) is 11.1 Å². The summed E-state index contributed by atoms with van der Waals surface area (Å²) in [6.07, 6.45) is 0. The van der Waals surface area contributed by atoms with Crippen LogP contribution in [0.4, 0.5) is 15.8 Å². The number of aryl methyl sites for hydroxylation is 2. The fourth-order valence-corrected chi connectivity index (χ4v) is 4.73. The number of hydrogen-bond acceptors (Lipinski definition) is 4. The van der Waals surface area contributed by atoms with Gasteiger partial charge in [-0.3, -0.25) is 4.79 Å². The lowest BCUT2D eigenvalue weighted by Crippen LogP contribution is -2.23. The molecule has 0 atom stereocenters. The van der Waals surface area contributed by atoms with Crippen LogP contribution in [-0.4, -0.2) is 20.9 Å². The number of anilines is 2. The van der Waals surface area contributed by atoms with Gasteiger partial charge in [0, 0.05) is 5.69 Å². The Morgan fingerprint density at radius 3 is 2.28 bits per heavy atom. The Morgan fingerprint density at radius 1 is 0.966 bits per heavy atom. The number of carbonyl (C=O) groups is 1. The summed E-state index contributed by atoms with van der Waals surface area (Å²) >= 11 is 0. The Labute approximate surface area is 169 Å². The van der Waals surface area contributed by atoms with E-state index in [1.165, 1.54) is 24.3 Å². The van der Waals surface area contributed by atoms with E-state index >= 15 is 0 Å². The summed E-state index contributed by atoms with van der Waals surface area (Å²) in [5.41, 5.74) is 2.28. The van der Waals surface area contributed by atoms with Crippen LogP contribution in [0.3, 0.4) is 0 Å². The van der Waals surface area contributed by atoms with Crippen molar-refractivity contribution >= 4 is 27.1 Å². The molecule has 5 nitrogen and oxygen atoms in total. The lowest BCUT2D eigenvalue weighted by atomic mass is 10.1. The number of nitrogens with one attached hydrogen (secondary N) is 2. The Morgan fingerprint density at radius 2 is 1.62 bits per heavy atom. The summed E-state index contributed by atoms with van der Waals surface area (Å²) in [6.45, 7) is 3.44. The molecule has 0 saturated heterocycles. The van der Waals surface area contributed by atoms with Crippen molar-refractivity contribution < 1.29 is 17.6 Å². The third kappa shape index (κ3) is 4.81. The van der Waals surface area contributed by atoms with E-state index in [0.717, 1.165) is 5.56 Å². The lowest BCUT2D eigenvalue weighted by molar-refractivity contribution is -0.114. The molecular weight excluding hydrogens is 391 g/mol. The van der Waals surface area contributed by atoms with Gasteiger partial charge in [0.25, 0.3) is 0 Å². The van der Waals surface area contributed by atoms with Crippen molar-refractivity contribution in [1.29, 1.82) is 0 Å². The molecule has 0 aliphatic carbocycles. The molecule has 7 heteroatoms. The number of rotatable bonds is 6. The van der Waals surface area contributed by atoms with Crippen molar-refractivity contribution in [3.05, 3.63) is 83.7 Å². The first-order valence-corrected chi connectivity index (χ1v) is 10.5. The summed E-state index contributed by atoms with van der Waals surface area (Å²) in [6, 6.07) is 17.1. The minimum Gasteiger partial charge on any atom is -0.375 e. The number of amides is 1. The van der Waals surface area contributed by atoms with Gasteiger partial charge in [0.1, 0.15) is 5.82 Å². The van der Waals surface area contributed by atoms with Crippen LogP contribution < -0.4 is 10.6 Å². The van der Waals surface area contributed by atoms with Crippen LogP contribution in [0.2, 0.25) is 0 Å². The fraction of sp³-hybridized carbons (Fsp3) is 0.136. The molecule has 1 amide bonds. The summed E-state index contributed by atoms with van der Waals surface area (Å²) in [5.74, 6) is -0.772. The highest BCUT2D eigenvalue weighted by Crippen LogP contribution is 2.31. The Bertz CT molecular complexity index is 1130. The maximum Gasteiger partial charge on any atom is 0.243 e. The average Bonchev–Trinajstić information content (AvgIpc) is 2.68. The van der Waals surface area contributed by atoms with E-state index in [9.17, 15) is 17.6 Å². The molecule has 0 radical (unpaired) electrons. The lowest BCUT2D eigenvalue weighted by Gasteiger charge is -2.16. The van der Waals surface area contributed by atoms with Crippen molar-refractivity contribution in [3.63, 3.8) is 0 Å². The number of hydrogen-bond donors (Lipinski definition) is 2. The van der Waals surface area contributed by atoms with E-state index in [-0.39, 0.29) is 22.2 Å². The Balaban J connectivity index is 1.86. The summed E-state index contributed by atoms with van der Waals surface area (Å²) in [4.78, 5) is 12.6. The topological polar surface area (TPSA) is 75.3 Å². The quantitative estimate of drug-likeness (QED) is 0.632. The van der Waals surface area contributed by atoms with Crippen molar-refractivity contribution in [2.75, 3.05) is 17.2 Å². The number of carbonyl (C=O) groups excluding carboxylic acids is 1. The highest BCUT2D eigenvalue weighted by atomic mass is 32.2. The zero-order valence-electron chi connectivity index (χ0n) is 16.1. The van der Waals surface area contributed by atoms with Crippen LogP contribution in [0.5, 0.6) is 0 Å². The maximum atomic E-state index is 13.2. The molecule has 0 bridgehead atoms. The zero-order chi connectivity index (χ0) is 21.0. The fourth-order valence-electron chi connectivity index (χ4n) is 3.07. The highest BCUT2D eigenvalue weighted by Gasteiger charge is 2.24. The molecule has 0 heterocycles. The predicted octanol–water partition coefficient (Wildman–Crippen LogP) is 4.33. The molecule has 3 aromatic carbocycles. The Kier molecular flexibility index (Phi) is 5.98. The van der Waals surface area contributed by atoms with Crippen molar-refractivity contribution in [2.45, 2.75) is 23.6 Å². The van der Waals surface area contributed by atoms with Crippen LogP contribution in [0.15, 0.2) is 76.5 Å². The molecule has 0 aliphatic rings. The number of benzene rings is 3. The van der Waals surface area contributed by atoms with Gasteiger partial charge in [-0.15, -0.1) is 0 Å². The minimum absolute atomic E-state index is 0.141. The summed E-state index contributed by atoms with van der Waals surface area (Å²) < 4.78 is 39.3. The first-order chi connectivity index (χ1) is 13.8. The van der Waals surface area contributed by atoms with Gasteiger partial charge in [-0.2, -0.15) is 0 Å². The van der Waals surface area contributed by atoms with E-state index in [1.54, 1.807) is 49.4 Å². The second-order valence-corrected chi connectivity index (χ2v) is 8.57. The summed E-state index contributed by atoms with van der Waals surface area (Å²) in [5, 5.41) is 5.58. The van der Waals surface area contributed by atoms with E-state index in [2.05, 4.69) is 10.6 Å². The van der Waals surface area contributed by atoms with Gasteiger partial charge >= 0.3 is 0 Å². The SMILES string of the molecule is Cc1cc(C)c(S(=O)(=O)c2ccccc2)c(NCC(=O)Nc2ccc(F)cc2)c1. The number of halogens is 1. The van der Waals surface area contributed by atoms with Gasteiger partial charge in [-0.1, -0.05) is 24.3 Å². The zero-order valence-corrected chi connectivity index (χ0v) is 16.9. The molecule has 3 aromatic rings. The molecule has 0 saturated carbocycles. The standard InChI is InChI=1S/C22H21FN2O3S/c1-15-12-16(2)22(29(27,28)19-6-4-3-5-7-19)20(13-15)24-14-21(26)25-18-10-8-17(23)9-11-18/h3-13,24H,14H2,1-2H3,(H,25,26). The van der Waals surface area contributed by atoms with Gasteiger partial charge in [0.05, 0.1) is 22.0 Å². The normalized spacial score (nSPS) is 11.1. The third-order valence-electron chi connectivity index (χ3n) is 4.31. The smallest absolute Gasteiger partial charge is 0.243 e. The molecule has 3 rings (SSSR count). The van der Waals surface area contributed by atoms with Crippen LogP contribution in [-0.2, 0) is 14.6 Å². The first kappa shape index (κ1) is 20.5. The maximum absolute atomic E-state index is 13.2. The van der Waals surface area contributed by atoms with Crippen LogP contribution in [0, 0.1) is 19.7 Å². The molecule has 0 unspecified atom stereocenters. The van der Waals surface area contributed by atoms with Crippen molar-refractivity contribution in [1.82, 2.24) is 0 Å². The van der Waals surface area contributed by atoms with E-state index in [4.69, 9.17) is 0 Å². The highest BCUT2D eigenvalue weighted by molar-refractivity contribution is 7.91. The van der Waals surface area contributed by atoms with Gasteiger partial charge in [-0.25, -0.2) is 12.8 Å². The van der Waals surface area contributed by atoms with E-state index in [0.29, 0.717) is 16.9 Å². The number of sulfone groups is 1. The van der Waals surface area contributed by atoms with Gasteiger partial charge in [-0.05, 0) is 67.4 Å². The van der Waals surface area contributed by atoms with Gasteiger partial charge in [0.15, 0.2) is 0 Å². The third-order valence-corrected chi connectivity index (χ3v) is 6.28. The second kappa shape index (κ2) is 8.45. The molecule has 29 heavy (non-hydrogen) atoms. The van der Waals surface area contributed by atoms with Crippen LogP contribution >= 0.6 is 0 Å². The second-order valence-electron chi connectivity index (χ2n) is 6.68. The van der Waals surface area contributed by atoms with Gasteiger partial charge < -0.3 is 10.6 Å². The average molecular weight is 412 g/mol. The van der Waals surface area contributed by atoms with E-state index in [1.807, 2.05) is 6.92 Å². The first-order valence-electron chi connectivity index (χ1n) is 8.98. The van der Waals surface area contributed by atoms with Crippen molar-refractivity contribution in [2.24, 2.45) is 0 Å². The largest absolute Gasteiger partial charge is 0.375 e. The van der Waals surface area contributed by atoms with Crippen molar-refractivity contribution in [3.8, 4) is 0 Å².